The Morgan fingerprint density at radius 1 is 1.35 bits per heavy atom. The van der Waals surface area contributed by atoms with Gasteiger partial charge in [-0.15, -0.1) is 12.4 Å². The lowest BCUT2D eigenvalue weighted by Crippen LogP contribution is -2.46. The smallest absolute Gasteiger partial charge is 0.251 e. The first kappa shape index (κ1) is 17.0. The van der Waals surface area contributed by atoms with Crippen molar-refractivity contribution in [1.29, 1.82) is 0 Å². The number of rotatable bonds is 4. The van der Waals surface area contributed by atoms with Crippen molar-refractivity contribution in [1.82, 2.24) is 10.6 Å². The van der Waals surface area contributed by atoms with Crippen molar-refractivity contribution in [3.8, 4) is 0 Å². The summed E-state index contributed by atoms with van der Waals surface area (Å²) in [6.45, 7) is 5.32. The molecule has 1 aliphatic heterocycles. The lowest BCUT2D eigenvalue weighted by molar-refractivity contribution is 0.0925. The highest BCUT2D eigenvalue weighted by Crippen LogP contribution is 2.11. The summed E-state index contributed by atoms with van der Waals surface area (Å²) >= 11 is 0. The summed E-state index contributed by atoms with van der Waals surface area (Å²) in [5.74, 6) is 0.0575. The number of amides is 1. The minimum absolute atomic E-state index is 0. The maximum atomic E-state index is 12.2. The van der Waals surface area contributed by atoms with Gasteiger partial charge in [0.2, 0.25) is 0 Å². The fourth-order valence-corrected chi connectivity index (χ4v) is 2.64. The van der Waals surface area contributed by atoms with Gasteiger partial charge < -0.3 is 10.6 Å². The number of benzene rings is 1. The topological polar surface area (TPSA) is 41.1 Å². The second-order valence-electron chi connectivity index (χ2n) is 5.50. The zero-order chi connectivity index (χ0) is 13.7. The minimum Gasteiger partial charge on any atom is -0.349 e. The molecule has 1 aromatic carbocycles. The van der Waals surface area contributed by atoms with E-state index in [1.165, 1.54) is 5.56 Å². The van der Waals surface area contributed by atoms with Crippen molar-refractivity contribution < 1.29 is 4.79 Å². The molecule has 4 heteroatoms. The maximum Gasteiger partial charge on any atom is 0.251 e. The van der Waals surface area contributed by atoms with Crippen LogP contribution in [0.2, 0.25) is 0 Å². The second-order valence-corrected chi connectivity index (χ2v) is 5.50. The van der Waals surface area contributed by atoms with Crippen molar-refractivity contribution in [2.45, 2.75) is 51.6 Å². The third-order valence-electron chi connectivity index (χ3n) is 3.71. The average Bonchev–Trinajstić information content (AvgIpc) is 2.40. The van der Waals surface area contributed by atoms with Crippen LogP contribution in [0, 0.1) is 0 Å². The number of carbonyl (C=O) groups is 1. The lowest BCUT2D eigenvalue weighted by atomic mass is 10.00. The molecule has 0 spiro atoms. The summed E-state index contributed by atoms with van der Waals surface area (Å²) in [4.78, 5) is 12.2. The first-order valence-corrected chi connectivity index (χ1v) is 7.32. The van der Waals surface area contributed by atoms with Crippen LogP contribution < -0.4 is 10.6 Å². The Balaban J connectivity index is 0.00000200. The third-order valence-corrected chi connectivity index (χ3v) is 3.71. The van der Waals surface area contributed by atoms with Crippen molar-refractivity contribution in [3.63, 3.8) is 0 Å². The largest absolute Gasteiger partial charge is 0.349 e. The van der Waals surface area contributed by atoms with Gasteiger partial charge in [-0.05, 0) is 50.4 Å². The monoisotopic (exact) mass is 296 g/mol. The first-order chi connectivity index (χ1) is 9.19. The molecule has 1 fully saturated rings. The fraction of sp³-hybridized carbons (Fsp3) is 0.562. The molecule has 3 nitrogen and oxygen atoms in total. The van der Waals surface area contributed by atoms with E-state index in [0.29, 0.717) is 12.1 Å². The van der Waals surface area contributed by atoms with E-state index in [1.54, 1.807) is 0 Å². The fourth-order valence-electron chi connectivity index (χ4n) is 2.64. The van der Waals surface area contributed by atoms with Gasteiger partial charge in [-0.2, -0.15) is 0 Å². The number of piperidine rings is 1. The van der Waals surface area contributed by atoms with Crippen molar-refractivity contribution in [3.05, 3.63) is 35.4 Å². The summed E-state index contributed by atoms with van der Waals surface area (Å²) in [5.41, 5.74) is 2.07. The molecule has 1 saturated heterocycles. The van der Waals surface area contributed by atoms with E-state index < -0.39 is 0 Å². The molecule has 1 heterocycles. The number of carbonyl (C=O) groups excluding carboxylic acids is 1. The highest BCUT2D eigenvalue weighted by molar-refractivity contribution is 5.94. The zero-order valence-electron chi connectivity index (χ0n) is 12.3. The summed E-state index contributed by atoms with van der Waals surface area (Å²) in [6, 6.07) is 8.79. The van der Waals surface area contributed by atoms with Gasteiger partial charge in [0, 0.05) is 17.6 Å². The third kappa shape index (κ3) is 4.80. The Kier molecular flexibility index (Phi) is 7.03. The van der Waals surface area contributed by atoms with Crippen LogP contribution in [-0.4, -0.2) is 24.5 Å². The van der Waals surface area contributed by atoms with Gasteiger partial charge in [0.25, 0.3) is 5.91 Å². The van der Waals surface area contributed by atoms with Gasteiger partial charge in [-0.25, -0.2) is 0 Å². The zero-order valence-corrected chi connectivity index (χ0v) is 13.1. The average molecular weight is 297 g/mol. The lowest BCUT2D eigenvalue weighted by Gasteiger charge is -2.28. The van der Waals surface area contributed by atoms with Crippen molar-refractivity contribution >= 4 is 18.3 Å². The maximum absolute atomic E-state index is 12.2. The molecule has 2 rings (SSSR count). The van der Waals surface area contributed by atoms with E-state index in [-0.39, 0.29) is 18.3 Å². The van der Waals surface area contributed by atoms with Crippen LogP contribution in [0.25, 0.3) is 0 Å². The molecule has 0 aromatic heterocycles. The molecule has 0 saturated carbocycles. The second kappa shape index (κ2) is 8.28. The standard InChI is InChI=1S/C16H24N2O.ClH/c1-3-4-13-5-7-14(8-6-13)16(19)18-15-9-10-17-12(2)11-15;/h5-8,12,15,17H,3-4,9-11H2,1-2H3,(H,18,19);1H. The van der Waals surface area contributed by atoms with Crippen molar-refractivity contribution in [2.75, 3.05) is 6.54 Å². The highest BCUT2D eigenvalue weighted by Gasteiger charge is 2.20. The molecule has 0 radical (unpaired) electrons. The number of nitrogens with one attached hydrogen (secondary N) is 2. The molecular weight excluding hydrogens is 272 g/mol. The van der Waals surface area contributed by atoms with E-state index in [4.69, 9.17) is 0 Å². The predicted molar refractivity (Wildman–Crippen MR) is 85.6 cm³/mol. The van der Waals surface area contributed by atoms with Crippen LogP contribution in [0.3, 0.4) is 0 Å². The van der Waals surface area contributed by atoms with E-state index in [2.05, 4.69) is 36.6 Å². The molecule has 112 valence electrons. The van der Waals surface area contributed by atoms with E-state index in [0.717, 1.165) is 37.8 Å². The number of aryl methyl sites for hydroxylation is 1. The molecule has 2 atom stereocenters. The summed E-state index contributed by atoms with van der Waals surface area (Å²) in [7, 11) is 0. The molecule has 0 aliphatic carbocycles. The minimum atomic E-state index is 0. The predicted octanol–water partition coefficient (Wildman–Crippen LogP) is 2.93. The molecule has 1 amide bonds. The van der Waals surface area contributed by atoms with Crippen LogP contribution in [0.1, 0.15) is 49.0 Å². The van der Waals surface area contributed by atoms with Gasteiger partial charge in [-0.1, -0.05) is 25.5 Å². The van der Waals surface area contributed by atoms with Crippen LogP contribution in [0.15, 0.2) is 24.3 Å². The molecule has 2 unspecified atom stereocenters. The number of hydrogen-bond acceptors (Lipinski definition) is 2. The van der Waals surface area contributed by atoms with Crippen LogP contribution >= 0.6 is 12.4 Å². The first-order valence-electron chi connectivity index (χ1n) is 7.32. The normalized spacial score (nSPS) is 21.9. The van der Waals surface area contributed by atoms with Crippen molar-refractivity contribution in [2.24, 2.45) is 0 Å². The van der Waals surface area contributed by atoms with Gasteiger partial charge in [-0.3, -0.25) is 4.79 Å². The van der Waals surface area contributed by atoms with E-state index in [1.807, 2.05) is 12.1 Å². The molecule has 1 aliphatic rings. The van der Waals surface area contributed by atoms with Crippen LogP contribution in [-0.2, 0) is 6.42 Å². The van der Waals surface area contributed by atoms with Crippen LogP contribution in [0.4, 0.5) is 0 Å². The van der Waals surface area contributed by atoms with Gasteiger partial charge in [0.05, 0.1) is 0 Å². The number of halogens is 1. The highest BCUT2D eigenvalue weighted by atomic mass is 35.5. The molecular formula is C16H25ClN2O. The molecule has 2 N–H and O–H groups in total. The van der Waals surface area contributed by atoms with Gasteiger partial charge in [0.15, 0.2) is 0 Å². The van der Waals surface area contributed by atoms with E-state index >= 15 is 0 Å². The molecule has 20 heavy (non-hydrogen) atoms. The van der Waals surface area contributed by atoms with Gasteiger partial charge >= 0.3 is 0 Å². The Morgan fingerprint density at radius 3 is 2.65 bits per heavy atom. The van der Waals surface area contributed by atoms with E-state index in [9.17, 15) is 4.79 Å². The summed E-state index contributed by atoms with van der Waals surface area (Å²) in [6.07, 6.45) is 4.25. The SMILES string of the molecule is CCCc1ccc(C(=O)NC2CCNC(C)C2)cc1.Cl. The van der Waals surface area contributed by atoms with Gasteiger partial charge in [0.1, 0.15) is 0 Å². The Hall–Kier alpha value is -1.06. The number of hydrogen-bond donors (Lipinski definition) is 2. The Bertz CT molecular complexity index is 419. The Labute approximate surface area is 127 Å². The summed E-state index contributed by atoms with van der Waals surface area (Å²) < 4.78 is 0. The Morgan fingerprint density at radius 2 is 2.05 bits per heavy atom. The summed E-state index contributed by atoms with van der Waals surface area (Å²) in [5, 5.41) is 6.53. The molecule has 1 aromatic rings. The quantitative estimate of drug-likeness (QED) is 0.897. The molecule has 0 bridgehead atoms. The van der Waals surface area contributed by atoms with Crippen LogP contribution in [0.5, 0.6) is 0 Å².